The van der Waals surface area contributed by atoms with E-state index in [0.29, 0.717) is 0 Å². The van der Waals surface area contributed by atoms with Crippen LogP contribution in [-0.2, 0) is 38.5 Å². The molecule has 0 atom stereocenters. The molecule has 83 heavy (non-hydrogen) atoms. The Morgan fingerprint density at radius 1 is 0.229 bits per heavy atom. The Morgan fingerprint density at radius 2 is 0.482 bits per heavy atom. The standard InChI is InChI=1S/C73H88S10/c1-8-14-19-24-29-50-44-55(13-6)75-69(50)61-40-36-56(76-61)57-37-41-62(77-57)72-53(32-27-22-17-11-4)47-67(82-72)68-48-54(33-28-23-18-12-5)73(83-68)64-43-39-59(79-64)58-38-42-63(78-58)71-52(31-26-21-16-10-3)46-66(81-71)65-45-51(30-25-20-15-9-2)70(80-65)60-35-34-49(7)74-60/h34-48H,8-33H2,1-7H3. The minimum absolute atomic E-state index is 1.12. The van der Waals surface area contributed by atoms with Gasteiger partial charge >= 0.3 is 0 Å². The van der Waals surface area contributed by atoms with Crippen LogP contribution in [0.4, 0.5) is 0 Å². The van der Waals surface area contributed by atoms with Crippen molar-refractivity contribution in [2.45, 2.75) is 215 Å². The summed E-state index contributed by atoms with van der Waals surface area (Å²) in [6.45, 7) is 16.2. The van der Waals surface area contributed by atoms with Gasteiger partial charge in [-0.1, -0.05) is 138 Å². The van der Waals surface area contributed by atoms with E-state index in [4.69, 9.17) is 0 Å². The highest BCUT2D eigenvalue weighted by Gasteiger charge is 2.23. The van der Waals surface area contributed by atoms with Crippen LogP contribution in [0.3, 0.4) is 0 Å². The van der Waals surface area contributed by atoms with Crippen molar-refractivity contribution in [1.29, 1.82) is 0 Å². The van der Waals surface area contributed by atoms with Crippen molar-refractivity contribution in [2.24, 2.45) is 0 Å². The molecule has 0 amide bonds. The average molecular weight is 1290 g/mol. The van der Waals surface area contributed by atoms with Crippen molar-refractivity contribution >= 4 is 113 Å². The zero-order valence-electron chi connectivity index (χ0n) is 50.6. The van der Waals surface area contributed by atoms with Crippen LogP contribution >= 0.6 is 113 Å². The molecule has 0 aliphatic heterocycles. The molecular weight excluding hydrogens is 1200 g/mol. The molecule has 10 heterocycles. The zero-order chi connectivity index (χ0) is 57.5. The van der Waals surface area contributed by atoms with E-state index in [1.54, 1.807) is 27.8 Å². The molecule has 0 nitrogen and oxygen atoms in total. The van der Waals surface area contributed by atoms with Crippen molar-refractivity contribution in [3.8, 4) is 87.8 Å². The lowest BCUT2D eigenvalue weighted by atomic mass is 10.0. The van der Waals surface area contributed by atoms with Crippen LogP contribution in [0, 0.1) is 6.92 Å². The monoisotopic (exact) mass is 1280 g/mol. The summed E-state index contributed by atoms with van der Waals surface area (Å²) in [6.07, 6.45) is 32.8. The van der Waals surface area contributed by atoms with Gasteiger partial charge in [-0.2, -0.15) is 0 Å². The van der Waals surface area contributed by atoms with Crippen LogP contribution in [0.2, 0.25) is 0 Å². The number of unbranched alkanes of at least 4 members (excludes halogenated alkanes) is 15. The molecule has 0 saturated heterocycles. The van der Waals surface area contributed by atoms with Gasteiger partial charge < -0.3 is 0 Å². The average Bonchev–Trinajstić information content (AvgIpc) is 3.19. The maximum Gasteiger partial charge on any atom is 0.0481 e. The fourth-order valence-electron chi connectivity index (χ4n) is 11.5. The lowest BCUT2D eigenvalue weighted by molar-refractivity contribution is 0.668. The van der Waals surface area contributed by atoms with E-state index in [1.807, 2.05) is 79.4 Å². The molecule has 0 N–H and O–H groups in total. The van der Waals surface area contributed by atoms with Crippen LogP contribution in [0.25, 0.3) is 87.8 Å². The molecule has 0 saturated carbocycles. The third-order valence-electron chi connectivity index (χ3n) is 16.2. The predicted octanol–water partition coefficient (Wildman–Crippen LogP) is 28.8. The lowest BCUT2D eigenvalue weighted by Crippen LogP contribution is -1.85. The van der Waals surface area contributed by atoms with Gasteiger partial charge in [0.15, 0.2) is 0 Å². The molecule has 0 bridgehead atoms. The van der Waals surface area contributed by atoms with Crippen LogP contribution in [-0.4, -0.2) is 0 Å². The van der Waals surface area contributed by atoms with Gasteiger partial charge in [0, 0.05) is 97.5 Å². The van der Waals surface area contributed by atoms with Gasteiger partial charge in [-0.15, -0.1) is 113 Å². The van der Waals surface area contributed by atoms with Crippen molar-refractivity contribution in [3.05, 3.63) is 129 Å². The molecule has 0 aromatic carbocycles. The topological polar surface area (TPSA) is 0 Å². The first-order valence-electron chi connectivity index (χ1n) is 31.9. The molecule has 10 aromatic rings. The van der Waals surface area contributed by atoms with Gasteiger partial charge in [0.25, 0.3) is 0 Å². The van der Waals surface area contributed by atoms with Gasteiger partial charge in [-0.25, -0.2) is 0 Å². The maximum absolute atomic E-state index is 2.61. The summed E-state index contributed by atoms with van der Waals surface area (Å²) in [5, 5.41) is 0. The van der Waals surface area contributed by atoms with Crippen molar-refractivity contribution in [2.75, 3.05) is 0 Å². The van der Waals surface area contributed by atoms with Crippen molar-refractivity contribution in [3.63, 3.8) is 0 Å². The van der Waals surface area contributed by atoms with Crippen LogP contribution in [0.5, 0.6) is 0 Å². The number of rotatable bonds is 35. The first kappa shape index (κ1) is 63.0. The smallest absolute Gasteiger partial charge is 0.0481 e. The van der Waals surface area contributed by atoms with Crippen LogP contribution in [0.15, 0.2) is 91.0 Å². The quantitative estimate of drug-likeness (QED) is 0.0347. The summed E-state index contributed by atoms with van der Waals surface area (Å²) in [6, 6.07) is 37.0. The second-order valence-electron chi connectivity index (χ2n) is 22.9. The molecule has 0 aliphatic rings. The molecule has 10 rings (SSSR count). The minimum atomic E-state index is 1.12. The van der Waals surface area contributed by atoms with Crippen molar-refractivity contribution in [1.82, 2.24) is 0 Å². The zero-order valence-corrected chi connectivity index (χ0v) is 58.8. The van der Waals surface area contributed by atoms with E-state index in [2.05, 4.69) is 173 Å². The van der Waals surface area contributed by atoms with E-state index < -0.39 is 0 Å². The molecule has 0 unspecified atom stereocenters. The highest BCUT2D eigenvalue weighted by molar-refractivity contribution is 7.32. The van der Waals surface area contributed by atoms with Crippen LogP contribution in [0.1, 0.15) is 208 Å². The number of hydrogen-bond donors (Lipinski definition) is 0. The normalized spacial score (nSPS) is 11.8. The summed E-state index contributed by atoms with van der Waals surface area (Å²) < 4.78 is 0. The Morgan fingerprint density at radius 3 is 0.747 bits per heavy atom. The molecule has 440 valence electrons. The summed E-state index contributed by atoms with van der Waals surface area (Å²) in [5.41, 5.74) is 7.76. The Labute approximate surface area is 539 Å². The predicted molar refractivity (Wildman–Crippen MR) is 387 cm³/mol. The first-order valence-corrected chi connectivity index (χ1v) is 40.1. The summed E-state index contributed by atoms with van der Waals surface area (Å²) in [4.78, 5) is 29.0. The molecular formula is C73H88S10. The van der Waals surface area contributed by atoms with Gasteiger partial charge in [-0.3, -0.25) is 0 Å². The fourth-order valence-corrected chi connectivity index (χ4v) is 23.4. The largest absolute Gasteiger partial charge is 0.140 e. The Kier molecular flexibility index (Phi) is 24.1. The highest BCUT2D eigenvalue weighted by atomic mass is 32.1. The van der Waals surface area contributed by atoms with Crippen LogP contribution < -0.4 is 0 Å². The first-order chi connectivity index (χ1) is 40.8. The Bertz CT molecular complexity index is 3550. The van der Waals surface area contributed by atoms with E-state index >= 15 is 0 Å². The van der Waals surface area contributed by atoms with Gasteiger partial charge in [0.2, 0.25) is 0 Å². The maximum atomic E-state index is 2.61. The lowest BCUT2D eigenvalue weighted by Gasteiger charge is -2.02. The van der Waals surface area contributed by atoms with E-state index in [1.165, 1.54) is 239 Å². The Balaban J connectivity index is 0.927. The van der Waals surface area contributed by atoms with Crippen molar-refractivity contribution < 1.29 is 0 Å². The van der Waals surface area contributed by atoms with Gasteiger partial charge in [0.1, 0.15) is 0 Å². The van der Waals surface area contributed by atoms with Gasteiger partial charge in [-0.05, 0) is 196 Å². The van der Waals surface area contributed by atoms with Gasteiger partial charge in [0.05, 0.1) is 0 Å². The third-order valence-corrected chi connectivity index (χ3v) is 29.3. The second-order valence-corrected chi connectivity index (χ2v) is 33.9. The minimum Gasteiger partial charge on any atom is -0.140 e. The Hall–Kier alpha value is -3.00. The molecule has 10 aromatic heterocycles. The summed E-state index contributed by atoms with van der Waals surface area (Å²) in [7, 11) is 0. The van der Waals surface area contributed by atoms with E-state index in [9.17, 15) is 0 Å². The molecule has 0 aliphatic carbocycles. The third kappa shape index (κ3) is 16.2. The molecule has 0 fully saturated rings. The number of aryl methyl sites for hydroxylation is 7. The van der Waals surface area contributed by atoms with E-state index in [0.717, 1.165) is 25.7 Å². The summed E-state index contributed by atoms with van der Waals surface area (Å²) in [5.74, 6) is 0. The SMILES string of the molecule is CCCCCCc1cc(CC)sc1-c1ccc(-c2ccc(-c3sc(-c4cc(CCCCCC)c(-c5ccc(-c6ccc(-c7sc(-c8cc(CCCCCC)c(-c9ccc(C)s9)s8)cc7CCCCCC)s6)s5)s4)cc3CCCCCC)s2)s1. The number of thiophene rings is 10. The fraction of sp³-hybridized carbons (Fsp3) is 0.452. The number of hydrogen-bond acceptors (Lipinski definition) is 10. The molecule has 0 radical (unpaired) electrons. The molecule has 0 spiro atoms. The highest BCUT2D eigenvalue weighted by Crippen LogP contribution is 2.52. The summed E-state index contributed by atoms with van der Waals surface area (Å²) >= 11 is 20.2. The second kappa shape index (κ2) is 31.8. The van der Waals surface area contributed by atoms with E-state index in [-0.39, 0.29) is 0 Å². The molecule has 10 heteroatoms.